The molecule has 2 aromatic carbocycles. The van der Waals surface area contributed by atoms with E-state index in [1.54, 1.807) is 6.20 Å². The molecule has 0 saturated carbocycles. The van der Waals surface area contributed by atoms with Crippen LogP contribution >= 0.6 is 0 Å². The molecular formula is C21H24N6O. The number of anilines is 1. The fraction of sp³-hybridized carbons (Fsp3) is 0.286. The van der Waals surface area contributed by atoms with E-state index in [9.17, 15) is 4.79 Å². The monoisotopic (exact) mass is 376 g/mol. The average molecular weight is 376 g/mol. The maximum atomic E-state index is 11.6. The number of imidazole rings is 1. The second-order valence-corrected chi connectivity index (χ2v) is 7.16. The number of benzene rings is 2. The second-order valence-electron chi connectivity index (χ2n) is 7.16. The molecule has 0 unspecified atom stereocenters. The summed E-state index contributed by atoms with van der Waals surface area (Å²) < 4.78 is 0. The molecule has 7 heteroatoms. The Labute approximate surface area is 163 Å². The molecule has 7 nitrogen and oxygen atoms in total. The predicted molar refractivity (Wildman–Crippen MR) is 111 cm³/mol. The standard InChI is InChI=1S/C21H24N6O/c22-26-17(13-23-16-5-2-1-3-6-16)14-27-11-9-15(10-12-27)18-7-4-8-19-20(18)25-21(28)24-19/h1-8,13,15,22-23H,9-12,14H2,(H2,24,25,28)/b17-13-,26-22?. The first-order chi connectivity index (χ1) is 13.7. The molecule has 2 heterocycles. The highest BCUT2D eigenvalue weighted by atomic mass is 16.1. The van der Waals surface area contributed by atoms with Crippen LogP contribution in [-0.2, 0) is 0 Å². The molecule has 1 saturated heterocycles. The summed E-state index contributed by atoms with van der Waals surface area (Å²) in [7, 11) is 0. The van der Waals surface area contributed by atoms with Gasteiger partial charge in [0.05, 0.1) is 16.7 Å². The number of nitrogens with one attached hydrogen (secondary N) is 4. The van der Waals surface area contributed by atoms with Gasteiger partial charge in [0, 0.05) is 18.4 Å². The Balaban J connectivity index is 1.38. The summed E-state index contributed by atoms with van der Waals surface area (Å²) in [6.07, 6.45) is 3.84. The van der Waals surface area contributed by atoms with Gasteiger partial charge in [0.15, 0.2) is 0 Å². The Kier molecular flexibility index (Phi) is 5.34. The van der Waals surface area contributed by atoms with Crippen LogP contribution < -0.4 is 11.0 Å². The van der Waals surface area contributed by atoms with Crippen molar-refractivity contribution in [2.75, 3.05) is 25.0 Å². The van der Waals surface area contributed by atoms with Gasteiger partial charge in [-0.3, -0.25) is 4.90 Å². The van der Waals surface area contributed by atoms with Crippen LogP contribution in [0.2, 0.25) is 0 Å². The molecule has 0 spiro atoms. The highest BCUT2D eigenvalue weighted by molar-refractivity contribution is 5.78. The number of para-hydroxylation sites is 2. The van der Waals surface area contributed by atoms with Gasteiger partial charge in [0.2, 0.25) is 0 Å². The van der Waals surface area contributed by atoms with Crippen LogP contribution in [0.3, 0.4) is 0 Å². The Hall–Kier alpha value is -3.19. The topological polar surface area (TPSA) is 100 Å². The lowest BCUT2D eigenvalue weighted by molar-refractivity contribution is 0.227. The molecular weight excluding hydrogens is 352 g/mol. The lowest BCUT2D eigenvalue weighted by atomic mass is 9.88. The van der Waals surface area contributed by atoms with Gasteiger partial charge in [-0.1, -0.05) is 30.3 Å². The van der Waals surface area contributed by atoms with Gasteiger partial charge in [0.25, 0.3) is 0 Å². The zero-order valence-electron chi connectivity index (χ0n) is 15.6. The third kappa shape index (κ3) is 4.04. The van der Waals surface area contributed by atoms with Crippen LogP contribution in [0.1, 0.15) is 24.3 Å². The quantitative estimate of drug-likeness (QED) is 0.489. The van der Waals surface area contributed by atoms with Gasteiger partial charge in [-0.05, 0) is 55.6 Å². The van der Waals surface area contributed by atoms with Gasteiger partial charge in [-0.15, -0.1) is 0 Å². The summed E-state index contributed by atoms with van der Waals surface area (Å²) in [5.74, 6) is 0.425. The fourth-order valence-corrected chi connectivity index (χ4v) is 3.87. The van der Waals surface area contributed by atoms with Crippen molar-refractivity contribution in [1.82, 2.24) is 14.9 Å². The molecule has 3 aromatic rings. The van der Waals surface area contributed by atoms with Crippen molar-refractivity contribution in [3.8, 4) is 0 Å². The van der Waals surface area contributed by atoms with Gasteiger partial charge >= 0.3 is 5.69 Å². The molecule has 0 aliphatic carbocycles. The van der Waals surface area contributed by atoms with E-state index in [0.29, 0.717) is 18.2 Å². The van der Waals surface area contributed by atoms with Crippen molar-refractivity contribution in [2.45, 2.75) is 18.8 Å². The normalized spacial score (nSPS) is 16.4. The number of piperidine rings is 1. The largest absolute Gasteiger partial charge is 0.360 e. The molecule has 0 bridgehead atoms. The molecule has 28 heavy (non-hydrogen) atoms. The zero-order chi connectivity index (χ0) is 19.3. The molecule has 4 rings (SSSR count). The third-order valence-corrected chi connectivity index (χ3v) is 5.32. The third-order valence-electron chi connectivity index (χ3n) is 5.32. The second kappa shape index (κ2) is 8.22. The summed E-state index contributed by atoms with van der Waals surface area (Å²) in [5.41, 5.74) is 12.0. The number of H-pyrrole nitrogens is 2. The van der Waals surface area contributed by atoms with Crippen molar-refractivity contribution in [1.29, 1.82) is 5.53 Å². The van der Waals surface area contributed by atoms with Gasteiger partial charge < -0.3 is 15.3 Å². The van der Waals surface area contributed by atoms with E-state index >= 15 is 0 Å². The summed E-state index contributed by atoms with van der Waals surface area (Å²) in [4.78, 5) is 19.7. The van der Waals surface area contributed by atoms with Crippen LogP contribution in [0.25, 0.3) is 11.0 Å². The molecule has 0 radical (unpaired) electrons. The number of hydrogen-bond acceptors (Lipinski definition) is 5. The molecule has 1 aliphatic heterocycles. The Morgan fingerprint density at radius 2 is 1.93 bits per heavy atom. The Morgan fingerprint density at radius 1 is 1.14 bits per heavy atom. The maximum Gasteiger partial charge on any atom is 0.323 e. The highest BCUT2D eigenvalue weighted by Gasteiger charge is 2.23. The highest BCUT2D eigenvalue weighted by Crippen LogP contribution is 2.31. The number of aromatic nitrogens is 2. The van der Waals surface area contributed by atoms with E-state index in [0.717, 1.165) is 42.7 Å². The molecule has 1 fully saturated rings. The van der Waals surface area contributed by atoms with Crippen LogP contribution in [0.5, 0.6) is 0 Å². The molecule has 144 valence electrons. The number of fused-ring (bicyclic) bond motifs is 1. The summed E-state index contributed by atoms with van der Waals surface area (Å²) in [5, 5.41) is 6.88. The predicted octanol–water partition coefficient (Wildman–Crippen LogP) is 4.02. The minimum atomic E-state index is -0.155. The first-order valence-corrected chi connectivity index (χ1v) is 9.54. The van der Waals surface area contributed by atoms with Crippen LogP contribution in [0.4, 0.5) is 5.69 Å². The van der Waals surface area contributed by atoms with Crippen molar-refractivity contribution < 1.29 is 0 Å². The van der Waals surface area contributed by atoms with E-state index < -0.39 is 0 Å². The molecule has 0 atom stereocenters. The maximum absolute atomic E-state index is 11.6. The molecule has 0 amide bonds. The lowest BCUT2D eigenvalue weighted by Gasteiger charge is -2.32. The van der Waals surface area contributed by atoms with Crippen molar-refractivity contribution >= 4 is 16.7 Å². The summed E-state index contributed by atoms with van der Waals surface area (Å²) >= 11 is 0. The number of likely N-dealkylation sites (tertiary alicyclic amines) is 1. The van der Waals surface area contributed by atoms with E-state index in [1.807, 2.05) is 42.5 Å². The minimum absolute atomic E-state index is 0.155. The van der Waals surface area contributed by atoms with E-state index in [-0.39, 0.29) is 5.69 Å². The van der Waals surface area contributed by atoms with Crippen molar-refractivity contribution in [3.05, 3.63) is 76.5 Å². The first kappa shape index (κ1) is 18.2. The van der Waals surface area contributed by atoms with Gasteiger partial charge in [-0.25, -0.2) is 10.3 Å². The summed E-state index contributed by atoms with van der Waals surface area (Å²) in [6.45, 7) is 2.53. The van der Waals surface area contributed by atoms with Gasteiger partial charge in [-0.2, -0.15) is 5.11 Å². The van der Waals surface area contributed by atoms with Crippen LogP contribution in [-0.4, -0.2) is 34.5 Å². The Morgan fingerprint density at radius 3 is 2.68 bits per heavy atom. The van der Waals surface area contributed by atoms with Crippen LogP contribution in [0, 0.1) is 5.53 Å². The Bertz CT molecular complexity index is 1030. The molecule has 1 aliphatic rings. The van der Waals surface area contributed by atoms with Gasteiger partial charge in [0.1, 0.15) is 0 Å². The number of rotatable bonds is 6. The molecule has 4 N–H and O–H groups in total. The van der Waals surface area contributed by atoms with E-state index in [4.69, 9.17) is 5.53 Å². The summed E-state index contributed by atoms with van der Waals surface area (Å²) in [6, 6.07) is 15.9. The number of nitrogens with zero attached hydrogens (tertiary/aromatic N) is 2. The number of hydrogen-bond donors (Lipinski definition) is 4. The minimum Gasteiger partial charge on any atom is -0.360 e. The smallest absolute Gasteiger partial charge is 0.323 e. The molecule has 1 aromatic heterocycles. The van der Waals surface area contributed by atoms with Crippen molar-refractivity contribution in [3.63, 3.8) is 0 Å². The average Bonchev–Trinajstić information content (AvgIpc) is 3.12. The van der Waals surface area contributed by atoms with Crippen molar-refractivity contribution in [2.24, 2.45) is 5.11 Å². The van der Waals surface area contributed by atoms with E-state index in [2.05, 4.69) is 31.4 Å². The zero-order valence-corrected chi connectivity index (χ0v) is 15.6. The lowest BCUT2D eigenvalue weighted by Crippen LogP contribution is -2.34. The number of aromatic amines is 2. The first-order valence-electron chi connectivity index (χ1n) is 9.54. The van der Waals surface area contributed by atoms with E-state index in [1.165, 1.54) is 5.56 Å². The van der Waals surface area contributed by atoms with Crippen LogP contribution in [0.15, 0.2) is 70.3 Å². The SMILES string of the molecule is N=N/C(=C\Nc1ccccc1)CN1CCC(c2cccc3[nH]c(=O)[nH]c23)CC1. The fourth-order valence-electron chi connectivity index (χ4n) is 3.87.